The molecule has 1 atom stereocenters. The maximum atomic E-state index is 13.3. The van der Waals surface area contributed by atoms with Crippen LogP contribution in [-0.4, -0.2) is 38.2 Å². The molecule has 1 aliphatic heterocycles. The highest BCUT2D eigenvalue weighted by molar-refractivity contribution is 6.39. The molecule has 3 aromatic rings. The molecule has 0 saturated carbocycles. The van der Waals surface area contributed by atoms with Crippen LogP contribution in [0.25, 0.3) is 6.08 Å². The summed E-state index contributed by atoms with van der Waals surface area (Å²) >= 11 is 6.20. The molecule has 39 heavy (non-hydrogen) atoms. The number of nitrogens with zero attached hydrogens (tertiary/aromatic N) is 1. The summed E-state index contributed by atoms with van der Waals surface area (Å²) in [6, 6.07) is 18.3. The van der Waals surface area contributed by atoms with Gasteiger partial charge in [0.2, 0.25) is 0 Å². The van der Waals surface area contributed by atoms with Gasteiger partial charge in [0.05, 0.1) is 12.8 Å². The van der Waals surface area contributed by atoms with Crippen LogP contribution in [0.15, 0.2) is 72.3 Å². The zero-order valence-corrected chi connectivity index (χ0v) is 22.7. The zero-order chi connectivity index (χ0) is 27.9. The molecule has 1 N–H and O–H groups in total. The Morgan fingerprint density at radius 3 is 2.26 bits per heavy atom. The number of rotatable bonds is 10. The fourth-order valence-corrected chi connectivity index (χ4v) is 4.16. The van der Waals surface area contributed by atoms with Crippen molar-refractivity contribution in [2.75, 3.05) is 25.2 Å². The summed E-state index contributed by atoms with van der Waals surface area (Å²) in [6.07, 6.45) is 2.42. The molecule has 1 fully saturated rings. The quantitative estimate of drug-likeness (QED) is 0.190. The van der Waals surface area contributed by atoms with Crippen LogP contribution in [-0.2, 0) is 9.59 Å². The third-order valence-corrected chi connectivity index (χ3v) is 6.61. The monoisotopic (exact) mass is 548 g/mol. The summed E-state index contributed by atoms with van der Waals surface area (Å²) in [4.78, 5) is 39.3. The average Bonchev–Trinajstić information content (AvgIpc) is 2.94. The number of benzene rings is 3. The van der Waals surface area contributed by atoms with Gasteiger partial charge >= 0.3 is 6.03 Å². The van der Waals surface area contributed by atoms with Gasteiger partial charge in [-0.15, -0.1) is 0 Å². The number of carbonyl (C=O) groups excluding carboxylic acids is 3. The summed E-state index contributed by atoms with van der Waals surface area (Å²) in [7, 11) is 1.51. The third kappa shape index (κ3) is 6.59. The van der Waals surface area contributed by atoms with E-state index in [-0.39, 0.29) is 24.5 Å². The number of barbiturate groups is 1. The highest BCUT2D eigenvalue weighted by Gasteiger charge is 2.37. The lowest BCUT2D eigenvalue weighted by molar-refractivity contribution is -0.122. The second-order valence-corrected chi connectivity index (χ2v) is 9.35. The SMILES string of the molecule is CC[C@@H](C)c1ccc(OCCOc2ccc(Cl)cc2/C=C2/C(=O)NC(=O)N(c3ccc(OC)cc3)C2=O)cc1. The number of hydrogen-bond donors (Lipinski definition) is 1. The van der Waals surface area contributed by atoms with Crippen molar-refractivity contribution in [3.63, 3.8) is 0 Å². The molecule has 8 nitrogen and oxygen atoms in total. The van der Waals surface area contributed by atoms with E-state index in [9.17, 15) is 14.4 Å². The predicted octanol–water partition coefficient (Wildman–Crippen LogP) is 5.99. The summed E-state index contributed by atoms with van der Waals surface area (Å²) in [5.41, 5.74) is 1.71. The number of urea groups is 1. The highest BCUT2D eigenvalue weighted by atomic mass is 35.5. The van der Waals surface area contributed by atoms with Gasteiger partial charge < -0.3 is 14.2 Å². The Kier molecular flexibility index (Phi) is 8.88. The van der Waals surface area contributed by atoms with E-state index in [1.165, 1.54) is 18.7 Å². The molecule has 0 unspecified atom stereocenters. The molecule has 0 aromatic heterocycles. The van der Waals surface area contributed by atoms with E-state index in [0.29, 0.717) is 28.0 Å². The maximum absolute atomic E-state index is 13.3. The van der Waals surface area contributed by atoms with Gasteiger partial charge in [-0.05, 0) is 78.6 Å². The molecular formula is C30H29ClN2O6. The highest BCUT2D eigenvalue weighted by Crippen LogP contribution is 2.29. The van der Waals surface area contributed by atoms with Crippen molar-refractivity contribution in [3.8, 4) is 17.2 Å². The molecule has 4 amide bonds. The van der Waals surface area contributed by atoms with Crippen molar-refractivity contribution in [3.05, 3.63) is 88.5 Å². The van der Waals surface area contributed by atoms with E-state index in [4.69, 9.17) is 25.8 Å². The van der Waals surface area contributed by atoms with Crippen molar-refractivity contribution in [2.45, 2.75) is 26.2 Å². The van der Waals surface area contributed by atoms with Gasteiger partial charge in [0.15, 0.2) is 0 Å². The lowest BCUT2D eigenvalue weighted by Crippen LogP contribution is -2.54. The van der Waals surface area contributed by atoms with Gasteiger partial charge in [-0.25, -0.2) is 9.69 Å². The molecule has 1 saturated heterocycles. The van der Waals surface area contributed by atoms with Crippen LogP contribution in [0.3, 0.4) is 0 Å². The Bertz CT molecular complexity index is 1390. The third-order valence-electron chi connectivity index (χ3n) is 6.38. The fraction of sp³-hybridized carbons (Fsp3) is 0.233. The van der Waals surface area contributed by atoms with Crippen LogP contribution >= 0.6 is 11.6 Å². The first-order valence-corrected chi connectivity index (χ1v) is 12.9. The minimum absolute atomic E-state index is 0.210. The standard InChI is InChI=1S/C30H29ClN2O6/c1-4-19(2)20-5-10-25(11-6-20)38-15-16-39-27-14-7-22(31)17-21(27)18-26-28(34)32-30(36)33(29(26)35)23-8-12-24(37-3)13-9-23/h5-14,17-19H,4,15-16H2,1-3H3,(H,32,34,36)/b26-18-/t19-/m1/s1. The van der Waals surface area contributed by atoms with Crippen LogP contribution in [0.4, 0.5) is 10.5 Å². The number of methoxy groups -OCH3 is 1. The Balaban J connectivity index is 1.48. The van der Waals surface area contributed by atoms with Gasteiger partial charge in [0.1, 0.15) is 36.0 Å². The fourth-order valence-electron chi connectivity index (χ4n) is 3.98. The van der Waals surface area contributed by atoms with Crippen molar-refractivity contribution in [2.24, 2.45) is 0 Å². The minimum Gasteiger partial charge on any atom is -0.497 e. The molecular weight excluding hydrogens is 520 g/mol. The lowest BCUT2D eigenvalue weighted by atomic mass is 9.99. The van der Waals surface area contributed by atoms with Gasteiger partial charge in [0, 0.05) is 10.6 Å². The van der Waals surface area contributed by atoms with E-state index in [1.54, 1.807) is 42.5 Å². The Labute approximate surface area is 232 Å². The van der Waals surface area contributed by atoms with Crippen LogP contribution in [0, 0.1) is 0 Å². The van der Waals surface area contributed by atoms with Crippen molar-refractivity contribution < 1.29 is 28.6 Å². The van der Waals surface area contributed by atoms with E-state index in [2.05, 4.69) is 31.3 Å². The largest absolute Gasteiger partial charge is 0.497 e. The molecule has 0 aliphatic carbocycles. The van der Waals surface area contributed by atoms with E-state index < -0.39 is 17.8 Å². The normalized spacial score (nSPS) is 15.2. The topological polar surface area (TPSA) is 94.2 Å². The maximum Gasteiger partial charge on any atom is 0.335 e. The number of anilines is 1. The first-order valence-electron chi connectivity index (χ1n) is 12.5. The molecule has 0 radical (unpaired) electrons. The number of nitrogens with one attached hydrogen (secondary N) is 1. The molecule has 1 aliphatic rings. The summed E-state index contributed by atoms with van der Waals surface area (Å²) in [5.74, 6) is 0.587. The number of imide groups is 2. The van der Waals surface area contributed by atoms with E-state index >= 15 is 0 Å². The second kappa shape index (κ2) is 12.5. The van der Waals surface area contributed by atoms with Crippen LogP contribution in [0.2, 0.25) is 5.02 Å². The number of carbonyl (C=O) groups is 3. The molecule has 1 heterocycles. The molecule has 0 spiro atoms. The van der Waals surface area contributed by atoms with Crippen LogP contribution < -0.4 is 24.4 Å². The Hall–Kier alpha value is -4.30. The van der Waals surface area contributed by atoms with Gasteiger partial charge in [0.25, 0.3) is 11.8 Å². The van der Waals surface area contributed by atoms with Gasteiger partial charge in [-0.3, -0.25) is 14.9 Å². The number of ether oxygens (including phenoxy) is 3. The van der Waals surface area contributed by atoms with Crippen molar-refractivity contribution >= 4 is 41.2 Å². The smallest absolute Gasteiger partial charge is 0.335 e. The van der Waals surface area contributed by atoms with Crippen LogP contribution in [0.1, 0.15) is 37.3 Å². The number of amides is 4. The predicted molar refractivity (Wildman–Crippen MR) is 150 cm³/mol. The Morgan fingerprint density at radius 1 is 0.923 bits per heavy atom. The minimum atomic E-state index is -0.843. The van der Waals surface area contributed by atoms with Crippen molar-refractivity contribution in [1.82, 2.24) is 5.32 Å². The molecule has 0 bridgehead atoms. The number of hydrogen-bond acceptors (Lipinski definition) is 6. The second-order valence-electron chi connectivity index (χ2n) is 8.91. The van der Waals surface area contributed by atoms with Crippen molar-refractivity contribution in [1.29, 1.82) is 0 Å². The molecule has 3 aromatic carbocycles. The van der Waals surface area contributed by atoms with E-state index in [0.717, 1.165) is 17.1 Å². The van der Waals surface area contributed by atoms with Gasteiger partial charge in [-0.2, -0.15) is 0 Å². The average molecular weight is 549 g/mol. The van der Waals surface area contributed by atoms with E-state index in [1.807, 2.05) is 12.1 Å². The zero-order valence-electron chi connectivity index (χ0n) is 21.9. The Morgan fingerprint density at radius 2 is 1.59 bits per heavy atom. The first-order chi connectivity index (χ1) is 18.8. The molecule has 9 heteroatoms. The summed E-state index contributed by atoms with van der Waals surface area (Å²) in [6.45, 7) is 4.82. The first kappa shape index (κ1) is 27.7. The van der Waals surface area contributed by atoms with Gasteiger partial charge in [-0.1, -0.05) is 37.6 Å². The molecule has 202 valence electrons. The number of halogens is 1. The van der Waals surface area contributed by atoms with Crippen LogP contribution in [0.5, 0.6) is 17.2 Å². The molecule has 4 rings (SSSR count). The lowest BCUT2D eigenvalue weighted by Gasteiger charge is -2.26. The summed E-state index contributed by atoms with van der Waals surface area (Å²) < 4.78 is 16.8. The summed E-state index contributed by atoms with van der Waals surface area (Å²) in [5, 5.41) is 2.60.